The Kier molecular flexibility index (Phi) is 16.4. The summed E-state index contributed by atoms with van der Waals surface area (Å²) in [5, 5.41) is 0. The number of hydrogen-bond acceptors (Lipinski definition) is 2. The molecule has 2 bridgehead atoms. The Bertz CT molecular complexity index is 3240. The minimum atomic E-state index is -0.0395. The summed E-state index contributed by atoms with van der Waals surface area (Å²) in [7, 11) is 0. The first kappa shape index (κ1) is 52.3. The molecule has 4 aromatic rings. The minimum absolute atomic E-state index is 0.0395. The molecule has 0 radical (unpaired) electrons. The van der Waals surface area contributed by atoms with Crippen molar-refractivity contribution in [1.29, 1.82) is 0 Å². The Morgan fingerprint density at radius 1 is 0.724 bits per heavy atom. The third-order valence-corrected chi connectivity index (χ3v) is 17.1. The maximum Gasteiger partial charge on any atom is 0.0562 e. The van der Waals surface area contributed by atoms with Crippen molar-refractivity contribution < 1.29 is 0 Å². The number of allylic oxidation sites excluding steroid dienone is 18. The molecule has 1 saturated carbocycles. The van der Waals surface area contributed by atoms with Crippen LogP contribution in [0.5, 0.6) is 0 Å². The van der Waals surface area contributed by atoms with E-state index in [1.807, 2.05) is 6.08 Å². The smallest absolute Gasteiger partial charge is 0.0562 e. The van der Waals surface area contributed by atoms with Gasteiger partial charge in [-0.2, -0.15) is 0 Å². The number of unbranched alkanes of at least 4 members (excludes halogenated alkanes) is 6. The maximum atomic E-state index is 4.20. The van der Waals surface area contributed by atoms with Crippen molar-refractivity contribution in [3.05, 3.63) is 267 Å². The van der Waals surface area contributed by atoms with Gasteiger partial charge < -0.3 is 9.80 Å². The van der Waals surface area contributed by atoms with Crippen LogP contribution < -0.4 is 9.80 Å². The Morgan fingerprint density at radius 2 is 1.46 bits per heavy atom. The molecule has 0 aliphatic heterocycles. The van der Waals surface area contributed by atoms with Crippen LogP contribution in [0.2, 0.25) is 0 Å². The maximum absolute atomic E-state index is 4.20. The molecule has 0 saturated heterocycles. The van der Waals surface area contributed by atoms with E-state index in [-0.39, 0.29) is 17.4 Å². The molecule has 0 aromatic heterocycles. The molecule has 6 aliphatic rings. The second-order valence-electron chi connectivity index (χ2n) is 22.4. The van der Waals surface area contributed by atoms with Crippen molar-refractivity contribution in [3.8, 4) is 11.1 Å². The Hall–Kier alpha value is -7.12. The number of anilines is 2. The van der Waals surface area contributed by atoms with Crippen LogP contribution >= 0.6 is 0 Å². The van der Waals surface area contributed by atoms with Gasteiger partial charge in [0.1, 0.15) is 0 Å². The molecule has 76 heavy (non-hydrogen) atoms. The molecule has 0 N–H and O–H groups in total. The van der Waals surface area contributed by atoms with Gasteiger partial charge in [-0.3, -0.25) is 0 Å². The van der Waals surface area contributed by atoms with Crippen molar-refractivity contribution in [1.82, 2.24) is 0 Å². The van der Waals surface area contributed by atoms with E-state index in [9.17, 15) is 0 Å². The molecule has 1 fully saturated rings. The molecule has 0 heterocycles. The minimum Gasteiger partial charge on any atom is -0.340 e. The summed E-state index contributed by atoms with van der Waals surface area (Å²) in [5.41, 5.74) is 26.9. The van der Waals surface area contributed by atoms with E-state index >= 15 is 0 Å². The van der Waals surface area contributed by atoms with Crippen LogP contribution in [-0.2, 0) is 6.42 Å². The van der Waals surface area contributed by atoms with Crippen LogP contribution in [0.3, 0.4) is 0 Å². The largest absolute Gasteiger partial charge is 0.340 e. The van der Waals surface area contributed by atoms with Gasteiger partial charge in [-0.05, 0) is 153 Å². The fourth-order valence-corrected chi connectivity index (χ4v) is 12.2. The predicted molar refractivity (Wildman–Crippen MR) is 328 cm³/mol. The summed E-state index contributed by atoms with van der Waals surface area (Å²) in [6, 6.07) is 34.8. The Labute approximate surface area is 457 Å². The fraction of sp³-hybridized carbons (Fsp3) is 0.311. The van der Waals surface area contributed by atoms with Crippen LogP contribution in [0.25, 0.3) is 22.4 Å². The highest BCUT2D eigenvalue weighted by Crippen LogP contribution is 2.62. The quantitative estimate of drug-likeness (QED) is 0.0466. The zero-order valence-electron chi connectivity index (χ0n) is 46.4. The van der Waals surface area contributed by atoms with Crippen molar-refractivity contribution in [3.63, 3.8) is 0 Å². The van der Waals surface area contributed by atoms with Gasteiger partial charge in [0.25, 0.3) is 0 Å². The van der Waals surface area contributed by atoms with E-state index in [1.165, 1.54) is 147 Å². The highest BCUT2D eigenvalue weighted by molar-refractivity contribution is 5.94. The van der Waals surface area contributed by atoms with Crippen LogP contribution in [0.4, 0.5) is 11.4 Å². The molecular formula is C74H80N2. The van der Waals surface area contributed by atoms with Crippen molar-refractivity contribution in [2.24, 2.45) is 17.3 Å². The molecule has 4 aromatic carbocycles. The second-order valence-corrected chi connectivity index (χ2v) is 22.4. The number of hydrogen-bond donors (Lipinski definition) is 0. The molecular weight excluding hydrogens is 917 g/mol. The molecule has 2 heteroatoms. The van der Waals surface area contributed by atoms with Gasteiger partial charge in [-0.25, -0.2) is 0 Å². The average Bonchev–Trinajstić information content (AvgIpc) is 4.28. The summed E-state index contributed by atoms with van der Waals surface area (Å²) in [6.07, 6.45) is 52.4. The van der Waals surface area contributed by atoms with E-state index in [1.54, 1.807) is 0 Å². The van der Waals surface area contributed by atoms with Crippen LogP contribution in [0.15, 0.2) is 240 Å². The Morgan fingerprint density at radius 3 is 2.18 bits per heavy atom. The first-order valence-electron chi connectivity index (χ1n) is 28.8. The molecule has 6 aliphatic carbocycles. The van der Waals surface area contributed by atoms with Gasteiger partial charge in [-0.1, -0.05) is 227 Å². The van der Waals surface area contributed by atoms with Crippen LogP contribution in [0, 0.1) is 31.1 Å². The highest BCUT2D eigenvalue weighted by Gasteiger charge is 2.53. The molecule has 386 valence electrons. The second kappa shape index (κ2) is 23.8. The summed E-state index contributed by atoms with van der Waals surface area (Å²) < 4.78 is 0. The zero-order chi connectivity index (χ0) is 52.6. The van der Waals surface area contributed by atoms with Gasteiger partial charge in [0.05, 0.1) is 11.7 Å². The number of fused-ring (bicyclic) bond motifs is 5. The summed E-state index contributed by atoms with van der Waals surface area (Å²) in [4.78, 5) is 5.17. The third-order valence-electron chi connectivity index (χ3n) is 17.1. The lowest BCUT2D eigenvalue weighted by atomic mass is 9.86. The van der Waals surface area contributed by atoms with E-state index < -0.39 is 0 Å². The normalized spacial score (nSPS) is 21.2. The monoisotopic (exact) mass is 997 g/mol. The molecule has 2 nitrogen and oxygen atoms in total. The van der Waals surface area contributed by atoms with Gasteiger partial charge in [0, 0.05) is 51.7 Å². The van der Waals surface area contributed by atoms with E-state index in [2.05, 4.69) is 246 Å². The lowest BCUT2D eigenvalue weighted by molar-refractivity contribution is 0.660. The summed E-state index contributed by atoms with van der Waals surface area (Å²) in [6.45, 7) is 18.5. The van der Waals surface area contributed by atoms with Gasteiger partial charge in [-0.15, -0.1) is 5.73 Å². The van der Waals surface area contributed by atoms with Crippen LogP contribution in [0.1, 0.15) is 126 Å². The van der Waals surface area contributed by atoms with Crippen molar-refractivity contribution in [2.45, 2.75) is 125 Å². The molecule has 0 spiro atoms. The Balaban J connectivity index is 1.03. The van der Waals surface area contributed by atoms with Crippen molar-refractivity contribution >= 4 is 22.6 Å². The highest BCUT2D eigenvalue weighted by atomic mass is 15.2. The van der Waals surface area contributed by atoms with E-state index in [4.69, 9.17) is 0 Å². The van der Waals surface area contributed by atoms with Gasteiger partial charge in [0.2, 0.25) is 0 Å². The topological polar surface area (TPSA) is 6.48 Å². The summed E-state index contributed by atoms with van der Waals surface area (Å²) >= 11 is 0. The fourth-order valence-electron chi connectivity index (χ4n) is 12.2. The van der Waals surface area contributed by atoms with E-state index in [0.717, 1.165) is 30.4 Å². The van der Waals surface area contributed by atoms with Crippen LogP contribution in [-0.4, -0.2) is 12.6 Å². The van der Waals surface area contributed by atoms with Crippen molar-refractivity contribution in [2.75, 3.05) is 16.3 Å². The SMILES string of the molecule is C=C/C=C(\C=C/CN(C1=CC2=C=C(C=C(N(c3ccc(-c4ccc(CCCCCC)cc4)cc3)C3C=CC(C)=C(C)C3)c3ccccc32)C2=CC=CC=CC21)c1ccc(C)c(C)c1)C12C=CC(CCCCCC)=CC1C2. The predicted octanol–water partition coefficient (Wildman–Crippen LogP) is 19.7. The van der Waals surface area contributed by atoms with Gasteiger partial charge >= 0.3 is 0 Å². The number of aryl methyl sites for hydroxylation is 3. The molecule has 4 unspecified atom stereocenters. The number of rotatable bonds is 21. The molecule has 10 rings (SSSR count). The third kappa shape index (κ3) is 11.4. The average molecular weight is 997 g/mol. The summed E-state index contributed by atoms with van der Waals surface area (Å²) in [5.74, 6) is 0.510. The standard InChI is InChI=1S/C74H80N2/c1-8-11-13-16-24-57-33-35-59(36-34-57)60-37-41-65(42-38-60)76(67-40-32-54(5)56(7)47-67)73-51-62-49-61(69-28-20-21-30-71(69)73)50-72(70-29-19-15-18-27-68(62)70)75(66-39-31-53(4)55(6)46-66)45-22-26-63(23-10-3)74-44-43-58(48-64(74)52-74)25-17-14-12-9-2/h10,15,18-23,26-44,46,48,50-51,64,67,70H,3,8-9,11-14,16-17,24-25,45,47,52H2,1-2,4-7H3/b26-22-,63-23+. The molecule has 4 atom stereocenters. The lowest BCUT2D eigenvalue weighted by Crippen LogP contribution is -2.34. The zero-order valence-corrected chi connectivity index (χ0v) is 46.4. The number of nitrogens with zero attached hydrogens (tertiary/aromatic N) is 2. The molecule has 0 amide bonds. The number of benzene rings is 4. The first-order chi connectivity index (χ1) is 37.2. The van der Waals surface area contributed by atoms with E-state index in [0.29, 0.717) is 12.5 Å². The van der Waals surface area contributed by atoms with Gasteiger partial charge in [0.15, 0.2) is 0 Å². The first-order valence-corrected chi connectivity index (χ1v) is 28.8. The lowest BCUT2D eigenvalue weighted by Gasteiger charge is -2.37.